The molecule has 2 aromatic carbocycles. The number of benzene rings is 2. The van der Waals surface area contributed by atoms with Gasteiger partial charge in [-0.3, -0.25) is 0 Å². The number of aromatic carboxylic acids is 1. The number of nitrogens with zero attached hydrogens (tertiary/aromatic N) is 3. The highest BCUT2D eigenvalue weighted by Gasteiger charge is 2.21. The standard InChI is InChI=1S/C22H19N3O3/c26-22(27)18-13-28-21(24-18)16-10-8-15(9-11-16)20-23-17-6-1-2-7-19(17)25(20)12-14-4-3-5-14/h1-2,6-11,13-14H,3-5,12H2,(H,26,27). The van der Waals surface area contributed by atoms with Gasteiger partial charge in [-0.1, -0.05) is 30.7 Å². The van der Waals surface area contributed by atoms with Crippen molar-refractivity contribution in [2.45, 2.75) is 25.8 Å². The zero-order valence-electron chi connectivity index (χ0n) is 15.2. The molecule has 0 saturated heterocycles. The number of para-hydroxylation sites is 2. The third-order valence-corrected chi connectivity index (χ3v) is 5.43. The minimum atomic E-state index is -1.10. The van der Waals surface area contributed by atoms with Crippen molar-refractivity contribution in [3.05, 3.63) is 60.5 Å². The van der Waals surface area contributed by atoms with E-state index < -0.39 is 5.97 Å². The summed E-state index contributed by atoms with van der Waals surface area (Å²) in [5.41, 5.74) is 3.82. The number of fused-ring (bicyclic) bond motifs is 1. The molecule has 5 rings (SSSR count). The second-order valence-corrected chi connectivity index (χ2v) is 7.25. The normalized spacial score (nSPS) is 14.3. The molecule has 140 valence electrons. The third-order valence-electron chi connectivity index (χ3n) is 5.43. The maximum absolute atomic E-state index is 11.0. The van der Waals surface area contributed by atoms with E-state index in [2.05, 4.69) is 21.7 Å². The van der Waals surface area contributed by atoms with Gasteiger partial charge in [-0.2, -0.15) is 0 Å². The molecule has 28 heavy (non-hydrogen) atoms. The maximum atomic E-state index is 11.0. The third kappa shape index (κ3) is 2.87. The molecular weight excluding hydrogens is 354 g/mol. The van der Waals surface area contributed by atoms with E-state index in [9.17, 15) is 4.79 Å². The van der Waals surface area contributed by atoms with E-state index in [1.807, 2.05) is 36.4 Å². The van der Waals surface area contributed by atoms with Crippen molar-refractivity contribution in [1.29, 1.82) is 0 Å². The molecule has 1 fully saturated rings. The van der Waals surface area contributed by atoms with Gasteiger partial charge in [0.2, 0.25) is 5.89 Å². The molecule has 0 unspecified atom stereocenters. The van der Waals surface area contributed by atoms with Crippen LogP contribution in [0.5, 0.6) is 0 Å². The van der Waals surface area contributed by atoms with E-state index in [1.165, 1.54) is 19.3 Å². The van der Waals surface area contributed by atoms with Gasteiger partial charge < -0.3 is 14.1 Å². The molecule has 1 N–H and O–H groups in total. The second kappa shape index (κ2) is 6.64. The Morgan fingerprint density at radius 2 is 1.82 bits per heavy atom. The molecule has 1 aliphatic carbocycles. The van der Waals surface area contributed by atoms with Crippen LogP contribution in [0.25, 0.3) is 33.9 Å². The smallest absolute Gasteiger partial charge is 0.357 e. The van der Waals surface area contributed by atoms with Crippen molar-refractivity contribution >= 4 is 17.0 Å². The van der Waals surface area contributed by atoms with Crippen LogP contribution in [0.15, 0.2) is 59.2 Å². The summed E-state index contributed by atoms with van der Waals surface area (Å²) in [7, 11) is 0. The fourth-order valence-corrected chi connectivity index (χ4v) is 3.68. The largest absolute Gasteiger partial charge is 0.476 e. The summed E-state index contributed by atoms with van der Waals surface area (Å²) in [6.07, 6.45) is 5.03. The molecule has 0 spiro atoms. The topological polar surface area (TPSA) is 81.1 Å². The van der Waals surface area contributed by atoms with E-state index in [1.54, 1.807) is 0 Å². The van der Waals surface area contributed by atoms with Gasteiger partial charge >= 0.3 is 5.97 Å². The fraction of sp³-hybridized carbons (Fsp3) is 0.227. The van der Waals surface area contributed by atoms with E-state index >= 15 is 0 Å². The molecule has 0 bridgehead atoms. The highest BCUT2D eigenvalue weighted by Crippen LogP contribution is 2.33. The Morgan fingerprint density at radius 1 is 1.07 bits per heavy atom. The Hall–Kier alpha value is -3.41. The monoisotopic (exact) mass is 373 g/mol. The number of imidazole rings is 1. The molecule has 4 aromatic rings. The number of hydrogen-bond donors (Lipinski definition) is 1. The maximum Gasteiger partial charge on any atom is 0.357 e. The van der Waals surface area contributed by atoms with Gasteiger partial charge in [-0.25, -0.2) is 14.8 Å². The lowest BCUT2D eigenvalue weighted by Crippen LogP contribution is -2.18. The summed E-state index contributed by atoms with van der Waals surface area (Å²) in [6.45, 7) is 0.985. The number of carboxylic acid groups (broad SMARTS) is 1. The molecule has 6 nitrogen and oxygen atoms in total. The Labute approximate surface area is 161 Å². The van der Waals surface area contributed by atoms with Crippen molar-refractivity contribution in [3.63, 3.8) is 0 Å². The number of oxazole rings is 1. The van der Waals surface area contributed by atoms with Crippen molar-refractivity contribution < 1.29 is 14.3 Å². The summed E-state index contributed by atoms with van der Waals surface area (Å²) in [5.74, 6) is 0.874. The lowest BCUT2D eigenvalue weighted by Gasteiger charge is -2.26. The zero-order chi connectivity index (χ0) is 19.1. The summed E-state index contributed by atoms with van der Waals surface area (Å²) in [4.78, 5) is 19.9. The van der Waals surface area contributed by atoms with Crippen LogP contribution in [0.1, 0.15) is 29.8 Å². The number of carboxylic acids is 1. The van der Waals surface area contributed by atoms with Crippen molar-refractivity contribution in [3.8, 4) is 22.8 Å². The first-order valence-electron chi connectivity index (χ1n) is 9.44. The Morgan fingerprint density at radius 3 is 2.50 bits per heavy atom. The molecule has 0 radical (unpaired) electrons. The van der Waals surface area contributed by atoms with Crippen molar-refractivity contribution in [2.24, 2.45) is 5.92 Å². The quantitative estimate of drug-likeness (QED) is 0.540. The van der Waals surface area contributed by atoms with Crippen LogP contribution in [0.3, 0.4) is 0 Å². The molecule has 6 heteroatoms. The second-order valence-electron chi connectivity index (χ2n) is 7.25. The average Bonchev–Trinajstić information content (AvgIpc) is 3.30. The van der Waals surface area contributed by atoms with Gasteiger partial charge in [0.1, 0.15) is 12.1 Å². The average molecular weight is 373 g/mol. The van der Waals surface area contributed by atoms with Crippen molar-refractivity contribution in [1.82, 2.24) is 14.5 Å². The molecule has 1 saturated carbocycles. The van der Waals surface area contributed by atoms with Gasteiger partial charge in [0.05, 0.1) is 11.0 Å². The first kappa shape index (κ1) is 16.7. The lowest BCUT2D eigenvalue weighted by atomic mass is 9.85. The Kier molecular flexibility index (Phi) is 3.97. The van der Waals surface area contributed by atoms with Gasteiger partial charge in [0.15, 0.2) is 5.69 Å². The van der Waals surface area contributed by atoms with E-state index in [0.717, 1.165) is 46.7 Å². The number of rotatable bonds is 5. The van der Waals surface area contributed by atoms with Crippen LogP contribution < -0.4 is 0 Å². The summed E-state index contributed by atoms with van der Waals surface area (Å²) < 4.78 is 7.61. The minimum Gasteiger partial charge on any atom is -0.476 e. The zero-order valence-corrected chi connectivity index (χ0v) is 15.2. The number of carbonyl (C=O) groups is 1. The molecule has 0 atom stereocenters. The Bertz CT molecular complexity index is 1150. The van der Waals surface area contributed by atoms with E-state index in [0.29, 0.717) is 5.89 Å². The lowest BCUT2D eigenvalue weighted by molar-refractivity contribution is 0.0690. The van der Waals surface area contributed by atoms with E-state index in [-0.39, 0.29) is 5.69 Å². The molecule has 2 heterocycles. The van der Waals surface area contributed by atoms with Gasteiger partial charge in [0, 0.05) is 17.7 Å². The van der Waals surface area contributed by atoms with Crippen LogP contribution in [-0.2, 0) is 6.54 Å². The summed E-state index contributed by atoms with van der Waals surface area (Å²) in [6, 6.07) is 16.0. The first-order chi connectivity index (χ1) is 13.7. The van der Waals surface area contributed by atoms with Crippen molar-refractivity contribution in [2.75, 3.05) is 0 Å². The van der Waals surface area contributed by atoms with E-state index in [4.69, 9.17) is 14.5 Å². The first-order valence-corrected chi connectivity index (χ1v) is 9.44. The van der Waals surface area contributed by atoms with Gasteiger partial charge in [0.25, 0.3) is 0 Å². The molecular formula is C22H19N3O3. The predicted octanol–water partition coefficient (Wildman–Crippen LogP) is 4.86. The van der Waals surface area contributed by atoms with Crippen LogP contribution in [0.4, 0.5) is 0 Å². The highest BCUT2D eigenvalue weighted by atomic mass is 16.4. The number of hydrogen-bond acceptors (Lipinski definition) is 4. The molecule has 0 amide bonds. The van der Waals surface area contributed by atoms with Crippen LogP contribution >= 0.6 is 0 Å². The van der Waals surface area contributed by atoms with Gasteiger partial charge in [-0.05, 0) is 43.0 Å². The number of aromatic nitrogens is 3. The molecule has 0 aliphatic heterocycles. The summed E-state index contributed by atoms with van der Waals surface area (Å²) >= 11 is 0. The highest BCUT2D eigenvalue weighted by molar-refractivity contribution is 5.85. The van der Waals surface area contributed by atoms with Crippen LogP contribution in [0, 0.1) is 5.92 Å². The van der Waals surface area contributed by atoms with Crippen LogP contribution in [-0.4, -0.2) is 25.6 Å². The van der Waals surface area contributed by atoms with Gasteiger partial charge in [-0.15, -0.1) is 0 Å². The molecule has 2 aromatic heterocycles. The SMILES string of the molecule is O=C(O)c1coc(-c2ccc(-c3nc4ccccc4n3CC3CCC3)cc2)n1. The Balaban J connectivity index is 1.52. The molecule has 1 aliphatic rings. The summed E-state index contributed by atoms with van der Waals surface area (Å²) in [5, 5.41) is 9.00. The minimum absolute atomic E-state index is 0.0960. The fourth-order valence-electron chi connectivity index (χ4n) is 3.68. The van der Waals surface area contributed by atoms with Crippen LogP contribution in [0.2, 0.25) is 0 Å². The predicted molar refractivity (Wildman–Crippen MR) is 105 cm³/mol.